The standard InChI is InChI=1S/C23H34O3/c1-3-5-7-9-17-11-12-19(23(17)26)16-20(24)15-18-13-14-22(25)21(18)10-8-6-4-2/h5-8,17-19,21H,3-4,9-16H2,1-2H3/b7-5+,8-6+. The van der Waals surface area contributed by atoms with Gasteiger partial charge in [0.2, 0.25) is 0 Å². The summed E-state index contributed by atoms with van der Waals surface area (Å²) >= 11 is 0. The second kappa shape index (κ2) is 10.6. The first-order valence-electron chi connectivity index (χ1n) is 10.4. The molecule has 26 heavy (non-hydrogen) atoms. The smallest absolute Gasteiger partial charge is 0.139 e. The molecule has 2 rings (SSSR count). The molecule has 0 saturated heterocycles. The lowest BCUT2D eigenvalue weighted by Gasteiger charge is -2.17. The van der Waals surface area contributed by atoms with Crippen LogP contribution in [0.25, 0.3) is 0 Å². The minimum absolute atomic E-state index is 0.00737. The van der Waals surface area contributed by atoms with Crippen LogP contribution < -0.4 is 0 Å². The summed E-state index contributed by atoms with van der Waals surface area (Å²) in [6.07, 6.45) is 16.0. The van der Waals surface area contributed by atoms with E-state index in [1.54, 1.807) is 0 Å². The number of hydrogen-bond acceptors (Lipinski definition) is 3. The molecule has 4 unspecified atom stereocenters. The van der Waals surface area contributed by atoms with Crippen LogP contribution in [0.3, 0.4) is 0 Å². The van der Waals surface area contributed by atoms with Crippen LogP contribution in [0.2, 0.25) is 0 Å². The Hall–Kier alpha value is -1.51. The molecule has 0 aliphatic heterocycles. The minimum Gasteiger partial charge on any atom is -0.300 e. The van der Waals surface area contributed by atoms with Gasteiger partial charge in [-0.25, -0.2) is 0 Å². The Labute approximate surface area is 158 Å². The second-order valence-electron chi connectivity index (χ2n) is 7.92. The van der Waals surface area contributed by atoms with Crippen molar-refractivity contribution in [3.05, 3.63) is 24.3 Å². The van der Waals surface area contributed by atoms with Gasteiger partial charge in [-0.15, -0.1) is 0 Å². The molecule has 0 heterocycles. The predicted octanol–water partition coefficient (Wildman–Crippen LogP) is 5.24. The largest absolute Gasteiger partial charge is 0.300 e. The van der Waals surface area contributed by atoms with Gasteiger partial charge in [0.1, 0.15) is 17.3 Å². The van der Waals surface area contributed by atoms with Crippen LogP contribution in [0.4, 0.5) is 0 Å². The van der Waals surface area contributed by atoms with E-state index in [0.717, 1.165) is 44.9 Å². The second-order valence-corrected chi connectivity index (χ2v) is 7.92. The van der Waals surface area contributed by atoms with Gasteiger partial charge in [0, 0.05) is 37.0 Å². The Kier molecular flexibility index (Phi) is 8.47. The number of carbonyl (C=O) groups excluding carboxylic acids is 3. The van der Waals surface area contributed by atoms with E-state index in [1.165, 1.54) is 0 Å². The average Bonchev–Trinajstić information content (AvgIpc) is 3.13. The predicted molar refractivity (Wildman–Crippen MR) is 105 cm³/mol. The van der Waals surface area contributed by atoms with Crippen LogP contribution in [0.5, 0.6) is 0 Å². The Morgan fingerprint density at radius 2 is 1.54 bits per heavy atom. The van der Waals surface area contributed by atoms with Crippen LogP contribution in [0.1, 0.15) is 78.1 Å². The van der Waals surface area contributed by atoms with E-state index in [-0.39, 0.29) is 35.2 Å². The third-order valence-corrected chi connectivity index (χ3v) is 5.99. The topological polar surface area (TPSA) is 51.2 Å². The summed E-state index contributed by atoms with van der Waals surface area (Å²) < 4.78 is 0. The van der Waals surface area contributed by atoms with Gasteiger partial charge in [-0.05, 0) is 50.9 Å². The molecule has 0 spiro atoms. The van der Waals surface area contributed by atoms with Gasteiger partial charge in [-0.2, -0.15) is 0 Å². The maximum Gasteiger partial charge on any atom is 0.139 e. The highest BCUT2D eigenvalue weighted by molar-refractivity contribution is 5.91. The van der Waals surface area contributed by atoms with E-state index in [9.17, 15) is 14.4 Å². The molecular formula is C23H34O3. The zero-order valence-electron chi connectivity index (χ0n) is 16.4. The van der Waals surface area contributed by atoms with Crippen LogP contribution in [0.15, 0.2) is 24.3 Å². The number of hydrogen-bond donors (Lipinski definition) is 0. The Morgan fingerprint density at radius 1 is 0.885 bits per heavy atom. The molecule has 0 aromatic carbocycles. The van der Waals surface area contributed by atoms with Crippen molar-refractivity contribution in [2.75, 3.05) is 0 Å². The number of rotatable bonds is 10. The molecule has 4 atom stereocenters. The van der Waals surface area contributed by atoms with Crippen molar-refractivity contribution in [3.63, 3.8) is 0 Å². The van der Waals surface area contributed by atoms with Crippen LogP contribution in [0, 0.1) is 23.7 Å². The zero-order chi connectivity index (χ0) is 18.9. The van der Waals surface area contributed by atoms with Crippen LogP contribution >= 0.6 is 0 Å². The first kappa shape index (κ1) is 20.8. The normalized spacial score (nSPS) is 29.5. The van der Waals surface area contributed by atoms with Crippen molar-refractivity contribution in [3.8, 4) is 0 Å². The van der Waals surface area contributed by atoms with Gasteiger partial charge in [0.15, 0.2) is 0 Å². The quantitative estimate of drug-likeness (QED) is 0.502. The number of Topliss-reactive ketones (excluding diaryl/α,β-unsaturated/α-hetero) is 3. The Morgan fingerprint density at radius 3 is 2.23 bits per heavy atom. The molecule has 0 aromatic rings. The van der Waals surface area contributed by atoms with Gasteiger partial charge in [-0.3, -0.25) is 14.4 Å². The molecule has 3 heteroatoms. The molecule has 0 radical (unpaired) electrons. The van der Waals surface area contributed by atoms with E-state index < -0.39 is 0 Å². The zero-order valence-corrected chi connectivity index (χ0v) is 16.4. The Balaban J connectivity index is 1.82. The molecular weight excluding hydrogens is 324 g/mol. The van der Waals surface area contributed by atoms with Crippen molar-refractivity contribution in [1.29, 1.82) is 0 Å². The van der Waals surface area contributed by atoms with Crippen LogP contribution in [-0.2, 0) is 14.4 Å². The summed E-state index contributed by atoms with van der Waals surface area (Å²) in [7, 11) is 0. The van der Waals surface area contributed by atoms with E-state index >= 15 is 0 Å². The third-order valence-electron chi connectivity index (χ3n) is 5.99. The molecule has 2 aliphatic rings. The fourth-order valence-corrected chi connectivity index (χ4v) is 4.49. The van der Waals surface area contributed by atoms with Gasteiger partial charge < -0.3 is 0 Å². The maximum atomic E-state index is 12.6. The van der Waals surface area contributed by atoms with E-state index in [1.807, 2.05) is 0 Å². The summed E-state index contributed by atoms with van der Waals surface area (Å²) in [5.41, 5.74) is 0. The minimum atomic E-state index is -0.0851. The van der Waals surface area contributed by atoms with E-state index in [0.29, 0.717) is 25.0 Å². The van der Waals surface area contributed by atoms with Gasteiger partial charge in [-0.1, -0.05) is 38.2 Å². The first-order valence-corrected chi connectivity index (χ1v) is 10.4. The fraction of sp³-hybridized carbons (Fsp3) is 0.696. The number of carbonyl (C=O) groups is 3. The molecule has 0 bridgehead atoms. The molecule has 0 amide bonds. The molecule has 3 nitrogen and oxygen atoms in total. The number of ketones is 3. The Bertz CT molecular complexity index is 558. The highest BCUT2D eigenvalue weighted by Gasteiger charge is 2.37. The number of allylic oxidation sites excluding steroid dienone is 4. The molecule has 2 saturated carbocycles. The maximum absolute atomic E-state index is 12.6. The summed E-state index contributed by atoms with van der Waals surface area (Å²) in [5.74, 6) is 0.975. The van der Waals surface area contributed by atoms with Gasteiger partial charge in [0.25, 0.3) is 0 Å². The summed E-state index contributed by atoms with van der Waals surface area (Å²) in [4.78, 5) is 37.2. The highest BCUT2D eigenvalue weighted by Crippen LogP contribution is 2.37. The third kappa shape index (κ3) is 5.75. The van der Waals surface area contributed by atoms with Crippen molar-refractivity contribution in [2.24, 2.45) is 23.7 Å². The van der Waals surface area contributed by atoms with Crippen LogP contribution in [-0.4, -0.2) is 17.3 Å². The summed E-state index contributed by atoms with van der Waals surface area (Å²) in [6, 6.07) is 0. The molecule has 144 valence electrons. The lowest BCUT2D eigenvalue weighted by molar-refractivity contribution is -0.129. The highest BCUT2D eigenvalue weighted by atomic mass is 16.1. The first-order chi connectivity index (χ1) is 12.6. The lowest BCUT2D eigenvalue weighted by atomic mass is 9.85. The molecule has 2 aliphatic carbocycles. The molecule has 2 fully saturated rings. The van der Waals surface area contributed by atoms with Gasteiger partial charge >= 0.3 is 0 Å². The molecule has 0 aromatic heterocycles. The summed E-state index contributed by atoms with van der Waals surface area (Å²) in [6.45, 7) is 4.17. The lowest BCUT2D eigenvalue weighted by Crippen LogP contribution is -2.21. The van der Waals surface area contributed by atoms with Crippen molar-refractivity contribution >= 4 is 17.3 Å². The van der Waals surface area contributed by atoms with Crippen molar-refractivity contribution < 1.29 is 14.4 Å². The monoisotopic (exact) mass is 358 g/mol. The van der Waals surface area contributed by atoms with E-state index in [4.69, 9.17) is 0 Å². The summed E-state index contributed by atoms with van der Waals surface area (Å²) in [5, 5.41) is 0. The fourth-order valence-electron chi connectivity index (χ4n) is 4.49. The SMILES string of the molecule is CC/C=C/CC1CCC(CC(=O)CC2CCC(=O)C2C/C=C/CC)C1=O. The van der Waals surface area contributed by atoms with Crippen molar-refractivity contribution in [2.45, 2.75) is 78.1 Å². The van der Waals surface area contributed by atoms with Crippen molar-refractivity contribution in [1.82, 2.24) is 0 Å². The average molecular weight is 359 g/mol. The molecule has 0 N–H and O–H groups in total. The van der Waals surface area contributed by atoms with E-state index in [2.05, 4.69) is 38.2 Å². The van der Waals surface area contributed by atoms with Gasteiger partial charge in [0.05, 0.1) is 0 Å².